The Bertz CT molecular complexity index is 1570. The first-order valence-electron chi connectivity index (χ1n) is 12.5. The molecule has 0 N–H and O–H groups in total. The van der Waals surface area contributed by atoms with E-state index in [2.05, 4.69) is 24.3 Å². The predicted octanol–water partition coefficient (Wildman–Crippen LogP) is 8.64. The first kappa shape index (κ1) is 26.3. The second-order valence-electron chi connectivity index (χ2n) is 9.60. The van der Waals surface area contributed by atoms with E-state index >= 15 is 0 Å². The van der Waals surface area contributed by atoms with Gasteiger partial charge in [0, 0.05) is 5.92 Å². The highest BCUT2D eigenvalue weighted by molar-refractivity contribution is 7.79. The maximum Gasteiger partial charge on any atom is 0.416 e. The van der Waals surface area contributed by atoms with Crippen molar-refractivity contribution in [3.63, 3.8) is 0 Å². The molecule has 0 saturated heterocycles. The molecule has 1 aliphatic carbocycles. The summed E-state index contributed by atoms with van der Waals surface area (Å²) in [5, 5.41) is 3.18. The van der Waals surface area contributed by atoms with Gasteiger partial charge in [-0.15, -0.1) is 0 Å². The first-order valence-corrected chi connectivity index (χ1v) is 13.9. The fourth-order valence-electron chi connectivity index (χ4n) is 5.45. The van der Waals surface area contributed by atoms with E-state index in [1.165, 1.54) is 12.1 Å². The highest BCUT2D eigenvalue weighted by Crippen LogP contribution is 2.52. The van der Waals surface area contributed by atoms with Crippen LogP contribution in [0.2, 0.25) is 0 Å². The smallest absolute Gasteiger partial charge is 0.166 e. The second-order valence-corrected chi connectivity index (χ2v) is 11.8. The minimum absolute atomic E-state index is 0.180. The molecule has 5 aromatic carbocycles. The average Bonchev–Trinajstić information content (AvgIpc) is 3.27. The van der Waals surface area contributed by atoms with E-state index < -0.39 is 37.3 Å². The second kappa shape index (κ2) is 9.94. The van der Waals surface area contributed by atoms with Crippen LogP contribution in [0, 0.1) is 0 Å². The lowest BCUT2D eigenvalue weighted by Crippen LogP contribution is -2.24. The van der Waals surface area contributed by atoms with Crippen LogP contribution in [0.15, 0.2) is 121 Å². The van der Waals surface area contributed by atoms with Gasteiger partial charge < -0.3 is 0 Å². The van der Waals surface area contributed by atoms with Gasteiger partial charge in [-0.25, -0.2) is 0 Å². The van der Waals surface area contributed by atoms with E-state index in [0.717, 1.165) is 45.7 Å². The van der Waals surface area contributed by atoms with Gasteiger partial charge in [-0.3, -0.25) is 0 Å². The lowest BCUT2D eigenvalue weighted by atomic mass is 9.89. The molecule has 0 fully saturated rings. The summed E-state index contributed by atoms with van der Waals surface area (Å²) in [4.78, 5) is 0. The third kappa shape index (κ3) is 4.71. The van der Waals surface area contributed by atoms with Gasteiger partial charge in [0.2, 0.25) is 0 Å². The number of hydrogen-bond acceptors (Lipinski definition) is 0. The Balaban J connectivity index is 1.61. The van der Waals surface area contributed by atoms with Gasteiger partial charge in [0.1, 0.15) is 0 Å². The number of hydrogen-bond donors (Lipinski definition) is 0. The zero-order valence-electron chi connectivity index (χ0n) is 20.8. The average molecular weight is 562 g/mol. The van der Waals surface area contributed by atoms with Gasteiger partial charge in [-0.2, -0.15) is 26.3 Å². The molecule has 0 amide bonds. The summed E-state index contributed by atoms with van der Waals surface area (Å²) < 4.78 is 82.1. The van der Waals surface area contributed by atoms with E-state index in [9.17, 15) is 26.3 Å². The molecular formula is C33H21F6P. The number of fused-ring (bicyclic) bond motifs is 3. The van der Waals surface area contributed by atoms with Crippen molar-refractivity contribution in [2.24, 2.45) is 0 Å². The molecule has 0 saturated carbocycles. The zero-order chi connectivity index (χ0) is 28.1. The quantitative estimate of drug-likeness (QED) is 0.149. The Morgan fingerprint density at radius 3 is 1.32 bits per heavy atom. The molecule has 6 rings (SSSR count). The van der Waals surface area contributed by atoms with Crippen molar-refractivity contribution in [3.05, 3.63) is 149 Å². The molecule has 0 radical (unpaired) electrons. The molecule has 0 spiro atoms. The van der Waals surface area contributed by atoms with Crippen LogP contribution in [-0.4, -0.2) is 0 Å². The predicted molar refractivity (Wildman–Crippen MR) is 148 cm³/mol. The largest absolute Gasteiger partial charge is 0.416 e. The maximum absolute atomic E-state index is 13.7. The van der Waals surface area contributed by atoms with Crippen molar-refractivity contribution in [1.29, 1.82) is 0 Å². The lowest BCUT2D eigenvalue weighted by molar-refractivity contribution is -0.138. The van der Waals surface area contributed by atoms with Gasteiger partial charge in [0.25, 0.3) is 0 Å². The normalized spacial score (nSPS) is 13.4. The SMILES string of the molecule is FC(F)(F)c1ccc2c(c1)-c1cc(C(F)(F)F)ccc1C2c1ccccc1P(c1ccccc1)c1ccccc1. The van der Waals surface area contributed by atoms with Crippen molar-refractivity contribution < 1.29 is 26.3 Å². The van der Waals surface area contributed by atoms with E-state index in [0.29, 0.717) is 11.1 Å². The number of rotatable bonds is 4. The van der Waals surface area contributed by atoms with Crippen LogP contribution in [0.5, 0.6) is 0 Å². The minimum Gasteiger partial charge on any atom is -0.166 e. The van der Waals surface area contributed by atoms with Crippen molar-refractivity contribution >= 4 is 23.8 Å². The molecule has 0 nitrogen and oxygen atoms in total. The van der Waals surface area contributed by atoms with E-state index in [4.69, 9.17) is 0 Å². The molecule has 0 heterocycles. The summed E-state index contributed by atoms with van der Waals surface area (Å²) in [5.41, 5.74) is 0.565. The van der Waals surface area contributed by atoms with Crippen molar-refractivity contribution in [3.8, 4) is 11.1 Å². The Labute approximate surface area is 228 Å². The molecule has 1 aliphatic rings. The standard InChI is InChI=1S/C33H21F6P/c34-32(35,36)21-15-17-25-28(19-21)29-20-22(33(37,38)39)16-18-26(29)31(25)27-13-7-8-14-30(27)40(23-9-3-1-4-10-23)24-11-5-2-6-12-24/h1-20,31H. The number of halogens is 6. The first-order chi connectivity index (χ1) is 19.1. The fourth-order valence-corrected chi connectivity index (χ4v) is 7.95. The summed E-state index contributed by atoms with van der Waals surface area (Å²) in [6, 6.07) is 34.5. The summed E-state index contributed by atoms with van der Waals surface area (Å²) >= 11 is 0. The number of alkyl halides is 6. The van der Waals surface area contributed by atoms with E-state index in [1.54, 1.807) is 0 Å². The van der Waals surface area contributed by atoms with E-state index in [1.807, 2.05) is 60.7 Å². The monoisotopic (exact) mass is 562 g/mol. The van der Waals surface area contributed by atoms with Crippen molar-refractivity contribution in [1.82, 2.24) is 0 Å². The highest BCUT2D eigenvalue weighted by atomic mass is 31.1. The van der Waals surface area contributed by atoms with Gasteiger partial charge >= 0.3 is 12.4 Å². The third-order valence-corrected chi connectivity index (χ3v) is 9.71. The van der Waals surface area contributed by atoms with Gasteiger partial charge in [0.05, 0.1) is 11.1 Å². The minimum atomic E-state index is -4.62. The fraction of sp³-hybridized carbons (Fsp3) is 0.0909. The Hall–Kier alpha value is -3.89. The molecule has 0 aliphatic heterocycles. The molecule has 0 bridgehead atoms. The zero-order valence-corrected chi connectivity index (χ0v) is 21.7. The molecule has 0 aromatic heterocycles. The molecule has 0 atom stereocenters. The van der Waals surface area contributed by atoms with Gasteiger partial charge in [-0.1, -0.05) is 97.1 Å². The van der Waals surface area contributed by atoms with E-state index in [-0.39, 0.29) is 11.1 Å². The van der Waals surface area contributed by atoms with Gasteiger partial charge in [0.15, 0.2) is 0 Å². The Morgan fingerprint density at radius 2 is 0.875 bits per heavy atom. The molecule has 40 heavy (non-hydrogen) atoms. The van der Waals surface area contributed by atoms with Crippen LogP contribution in [0.4, 0.5) is 26.3 Å². The molecule has 7 heteroatoms. The van der Waals surface area contributed by atoms with Crippen LogP contribution in [-0.2, 0) is 12.4 Å². The lowest BCUT2D eigenvalue weighted by Gasteiger charge is -2.26. The maximum atomic E-state index is 13.7. The highest BCUT2D eigenvalue weighted by Gasteiger charge is 2.39. The molecule has 200 valence electrons. The van der Waals surface area contributed by atoms with Crippen LogP contribution < -0.4 is 15.9 Å². The van der Waals surface area contributed by atoms with Crippen LogP contribution in [0.25, 0.3) is 11.1 Å². The summed E-state index contributed by atoms with van der Waals surface area (Å²) in [7, 11) is -1.07. The van der Waals surface area contributed by atoms with Crippen molar-refractivity contribution in [2.75, 3.05) is 0 Å². The topological polar surface area (TPSA) is 0 Å². The van der Waals surface area contributed by atoms with Crippen LogP contribution in [0.1, 0.15) is 33.7 Å². The van der Waals surface area contributed by atoms with Gasteiger partial charge in [-0.05, 0) is 75.9 Å². The third-order valence-electron chi connectivity index (χ3n) is 7.19. The summed E-state index contributed by atoms with van der Waals surface area (Å²) in [6.07, 6.45) is -9.25. The van der Waals surface area contributed by atoms with Crippen LogP contribution in [0.3, 0.4) is 0 Å². The Kier molecular flexibility index (Phi) is 6.54. The molecule has 0 unspecified atom stereocenters. The van der Waals surface area contributed by atoms with Crippen LogP contribution >= 0.6 is 7.92 Å². The van der Waals surface area contributed by atoms with Crippen molar-refractivity contribution in [2.45, 2.75) is 18.3 Å². The summed E-state index contributed by atoms with van der Waals surface area (Å²) in [6.45, 7) is 0. The Morgan fingerprint density at radius 1 is 0.450 bits per heavy atom. The molecular weight excluding hydrogens is 541 g/mol. The molecule has 5 aromatic rings. The number of benzene rings is 5. The summed E-state index contributed by atoms with van der Waals surface area (Å²) in [5.74, 6) is -0.525.